The molecule has 0 spiro atoms. The lowest BCUT2D eigenvalue weighted by Gasteiger charge is -2.43. The molecule has 0 radical (unpaired) electrons. The summed E-state index contributed by atoms with van der Waals surface area (Å²) in [4.78, 5) is 2.41. The van der Waals surface area contributed by atoms with Gasteiger partial charge in [0.05, 0.1) is 18.8 Å². The van der Waals surface area contributed by atoms with E-state index in [2.05, 4.69) is 40.7 Å². The maximum absolute atomic E-state index is 6.40. The first-order valence-electron chi connectivity index (χ1n) is 6.57. The standard InChI is InChI=1S/C14H20BrClN2O/c1-9(2)18-5-6-19-13(8-17)14(18)11-4-3-10(15)7-12(11)16/h3-4,7,9,13-14H,5-6,8,17H2,1-2H3. The predicted molar refractivity (Wildman–Crippen MR) is 82.5 cm³/mol. The maximum Gasteiger partial charge on any atom is 0.0894 e. The molecule has 0 aromatic heterocycles. The van der Waals surface area contributed by atoms with E-state index >= 15 is 0 Å². The fourth-order valence-electron chi connectivity index (χ4n) is 2.65. The lowest BCUT2D eigenvalue weighted by atomic mass is 9.96. The number of hydrogen-bond acceptors (Lipinski definition) is 3. The molecule has 1 saturated heterocycles. The molecule has 2 atom stereocenters. The number of halogens is 2. The smallest absolute Gasteiger partial charge is 0.0894 e. The Labute approximate surface area is 128 Å². The molecule has 1 aliphatic heterocycles. The Bertz CT molecular complexity index is 441. The molecule has 0 saturated carbocycles. The molecule has 5 heteroatoms. The van der Waals surface area contributed by atoms with Gasteiger partial charge in [-0.15, -0.1) is 0 Å². The Morgan fingerprint density at radius 1 is 1.53 bits per heavy atom. The molecular weight excluding hydrogens is 328 g/mol. The zero-order chi connectivity index (χ0) is 14.0. The van der Waals surface area contributed by atoms with Crippen LogP contribution in [0.25, 0.3) is 0 Å². The van der Waals surface area contributed by atoms with Gasteiger partial charge in [-0.05, 0) is 31.5 Å². The van der Waals surface area contributed by atoms with E-state index in [1.807, 2.05) is 12.1 Å². The lowest BCUT2D eigenvalue weighted by molar-refractivity contribution is -0.0789. The summed E-state index contributed by atoms with van der Waals surface area (Å²) in [6.45, 7) is 6.52. The van der Waals surface area contributed by atoms with Gasteiger partial charge in [-0.1, -0.05) is 33.6 Å². The topological polar surface area (TPSA) is 38.5 Å². The number of nitrogens with zero attached hydrogens (tertiary/aromatic N) is 1. The van der Waals surface area contributed by atoms with Crippen LogP contribution in [0.2, 0.25) is 5.02 Å². The van der Waals surface area contributed by atoms with E-state index in [0.717, 1.165) is 28.2 Å². The van der Waals surface area contributed by atoms with Crippen LogP contribution in [0.4, 0.5) is 0 Å². The molecule has 2 rings (SSSR count). The zero-order valence-corrected chi connectivity index (χ0v) is 13.6. The second-order valence-electron chi connectivity index (χ2n) is 5.09. The van der Waals surface area contributed by atoms with E-state index in [0.29, 0.717) is 12.6 Å². The van der Waals surface area contributed by atoms with Gasteiger partial charge < -0.3 is 10.5 Å². The van der Waals surface area contributed by atoms with E-state index in [1.54, 1.807) is 0 Å². The molecule has 0 aliphatic carbocycles. The summed E-state index contributed by atoms with van der Waals surface area (Å²) < 4.78 is 6.81. The number of benzene rings is 1. The summed E-state index contributed by atoms with van der Waals surface area (Å²) in [7, 11) is 0. The van der Waals surface area contributed by atoms with Crippen molar-refractivity contribution in [3.63, 3.8) is 0 Å². The molecule has 1 heterocycles. The highest BCUT2D eigenvalue weighted by atomic mass is 79.9. The van der Waals surface area contributed by atoms with Crippen LogP contribution in [0.1, 0.15) is 25.5 Å². The number of hydrogen-bond donors (Lipinski definition) is 1. The average molecular weight is 348 g/mol. The Kier molecular flexibility index (Phi) is 5.26. The summed E-state index contributed by atoms with van der Waals surface area (Å²) in [5, 5.41) is 0.758. The van der Waals surface area contributed by atoms with Gasteiger partial charge in [0.15, 0.2) is 0 Å². The van der Waals surface area contributed by atoms with Gasteiger partial charge in [0.25, 0.3) is 0 Å². The minimum absolute atomic E-state index is 0.00479. The van der Waals surface area contributed by atoms with Gasteiger partial charge in [0.2, 0.25) is 0 Å². The molecule has 2 N–H and O–H groups in total. The molecule has 2 unspecified atom stereocenters. The first-order chi connectivity index (χ1) is 9.04. The Hall–Kier alpha value is -0.130. The van der Waals surface area contributed by atoms with E-state index in [-0.39, 0.29) is 12.1 Å². The summed E-state index contributed by atoms with van der Waals surface area (Å²) in [5.74, 6) is 0. The molecule has 1 aromatic carbocycles. The van der Waals surface area contributed by atoms with Gasteiger partial charge in [0, 0.05) is 28.6 Å². The third-order valence-corrected chi connectivity index (χ3v) is 4.39. The van der Waals surface area contributed by atoms with E-state index < -0.39 is 0 Å². The first-order valence-corrected chi connectivity index (χ1v) is 7.74. The monoisotopic (exact) mass is 346 g/mol. The number of nitrogens with two attached hydrogens (primary N) is 1. The lowest BCUT2D eigenvalue weighted by Crippen LogP contribution is -2.50. The van der Waals surface area contributed by atoms with Crippen molar-refractivity contribution in [1.29, 1.82) is 0 Å². The predicted octanol–water partition coefficient (Wildman–Crippen LogP) is 3.21. The van der Waals surface area contributed by atoms with Crippen LogP contribution in [-0.2, 0) is 4.74 Å². The first kappa shape index (κ1) is 15.3. The second-order valence-corrected chi connectivity index (χ2v) is 6.41. The summed E-state index contributed by atoms with van der Waals surface area (Å²) >= 11 is 9.84. The van der Waals surface area contributed by atoms with Crippen molar-refractivity contribution in [1.82, 2.24) is 4.90 Å². The fourth-order valence-corrected chi connectivity index (χ4v) is 3.44. The van der Waals surface area contributed by atoms with Gasteiger partial charge in [0.1, 0.15) is 0 Å². The maximum atomic E-state index is 6.40. The number of morpholine rings is 1. The van der Waals surface area contributed by atoms with Gasteiger partial charge in [-0.3, -0.25) is 4.90 Å². The van der Waals surface area contributed by atoms with E-state index in [1.165, 1.54) is 0 Å². The Balaban J connectivity index is 2.39. The third kappa shape index (κ3) is 3.31. The molecule has 1 aliphatic rings. The molecule has 0 bridgehead atoms. The van der Waals surface area contributed by atoms with Gasteiger partial charge >= 0.3 is 0 Å². The average Bonchev–Trinajstić information content (AvgIpc) is 2.38. The minimum Gasteiger partial charge on any atom is -0.374 e. The highest BCUT2D eigenvalue weighted by Gasteiger charge is 2.35. The van der Waals surface area contributed by atoms with Crippen LogP contribution < -0.4 is 5.73 Å². The third-order valence-electron chi connectivity index (χ3n) is 3.57. The van der Waals surface area contributed by atoms with Crippen molar-refractivity contribution in [2.45, 2.75) is 32.0 Å². The quantitative estimate of drug-likeness (QED) is 0.912. The summed E-state index contributed by atoms with van der Waals surface area (Å²) in [6.07, 6.45) is -0.00479. The number of rotatable bonds is 3. The molecule has 1 fully saturated rings. The van der Waals surface area contributed by atoms with Gasteiger partial charge in [-0.2, -0.15) is 0 Å². The SMILES string of the molecule is CC(C)N1CCOC(CN)C1c1ccc(Br)cc1Cl. The fraction of sp³-hybridized carbons (Fsp3) is 0.571. The molecule has 1 aromatic rings. The van der Waals surface area contributed by atoms with Crippen LogP contribution in [0, 0.1) is 0 Å². The molecule has 3 nitrogen and oxygen atoms in total. The summed E-state index contributed by atoms with van der Waals surface area (Å²) in [5.41, 5.74) is 6.96. The molecular formula is C14H20BrClN2O. The Morgan fingerprint density at radius 2 is 2.26 bits per heavy atom. The van der Waals surface area contributed by atoms with Crippen molar-refractivity contribution in [2.75, 3.05) is 19.7 Å². The van der Waals surface area contributed by atoms with E-state index in [4.69, 9.17) is 22.1 Å². The summed E-state index contributed by atoms with van der Waals surface area (Å²) in [6, 6.07) is 6.56. The van der Waals surface area contributed by atoms with Crippen LogP contribution >= 0.6 is 27.5 Å². The number of ether oxygens (including phenoxy) is 1. The van der Waals surface area contributed by atoms with Crippen LogP contribution in [0.3, 0.4) is 0 Å². The van der Waals surface area contributed by atoms with Gasteiger partial charge in [-0.25, -0.2) is 0 Å². The largest absolute Gasteiger partial charge is 0.374 e. The highest BCUT2D eigenvalue weighted by molar-refractivity contribution is 9.10. The zero-order valence-electron chi connectivity index (χ0n) is 11.3. The van der Waals surface area contributed by atoms with Crippen molar-refractivity contribution < 1.29 is 4.74 Å². The molecule has 0 amide bonds. The van der Waals surface area contributed by atoms with Crippen LogP contribution in [-0.4, -0.2) is 36.7 Å². The van der Waals surface area contributed by atoms with Crippen molar-refractivity contribution in [3.8, 4) is 0 Å². The van der Waals surface area contributed by atoms with Crippen LogP contribution in [0.5, 0.6) is 0 Å². The second kappa shape index (κ2) is 6.55. The van der Waals surface area contributed by atoms with Crippen molar-refractivity contribution in [3.05, 3.63) is 33.3 Å². The van der Waals surface area contributed by atoms with Crippen LogP contribution in [0.15, 0.2) is 22.7 Å². The minimum atomic E-state index is -0.00479. The Morgan fingerprint density at radius 3 is 2.84 bits per heavy atom. The van der Waals surface area contributed by atoms with E-state index in [9.17, 15) is 0 Å². The molecule has 19 heavy (non-hydrogen) atoms. The van der Waals surface area contributed by atoms with Crippen molar-refractivity contribution >= 4 is 27.5 Å². The normalized spacial score (nSPS) is 24.9. The molecule has 106 valence electrons. The highest BCUT2D eigenvalue weighted by Crippen LogP contribution is 2.36. The van der Waals surface area contributed by atoms with Crippen molar-refractivity contribution in [2.24, 2.45) is 5.73 Å².